The van der Waals surface area contributed by atoms with Crippen LogP contribution in [0.3, 0.4) is 0 Å². The molecule has 7 nitrogen and oxygen atoms in total. The zero-order valence-electron chi connectivity index (χ0n) is 13.3. The number of benzene rings is 2. The van der Waals surface area contributed by atoms with Gasteiger partial charge in [0.15, 0.2) is 6.10 Å². The molecule has 0 saturated carbocycles. The smallest absolute Gasteiger partial charge is 0.338 e. The molecule has 2 aromatic rings. The first kappa shape index (κ1) is 18.3. The Hall–Kier alpha value is -3.06. The van der Waals surface area contributed by atoms with Crippen molar-refractivity contribution in [2.75, 3.05) is 11.1 Å². The van der Waals surface area contributed by atoms with Crippen LogP contribution in [0.1, 0.15) is 17.3 Å². The first-order chi connectivity index (χ1) is 11.9. The van der Waals surface area contributed by atoms with E-state index in [0.717, 1.165) is 0 Å². The number of imide groups is 1. The third-order valence-corrected chi connectivity index (χ3v) is 3.50. The van der Waals surface area contributed by atoms with Crippen LogP contribution in [0.4, 0.5) is 16.2 Å². The molecule has 2 aromatic carbocycles. The highest BCUT2D eigenvalue weighted by Crippen LogP contribution is 2.20. The van der Waals surface area contributed by atoms with Crippen molar-refractivity contribution in [3.8, 4) is 0 Å². The van der Waals surface area contributed by atoms with E-state index in [1.807, 2.05) is 0 Å². The molecule has 0 unspecified atom stereocenters. The van der Waals surface area contributed by atoms with Crippen LogP contribution in [-0.4, -0.2) is 24.0 Å². The number of hydrogen-bond acceptors (Lipinski definition) is 5. The van der Waals surface area contributed by atoms with Gasteiger partial charge in [0.1, 0.15) is 0 Å². The molecule has 0 heterocycles. The second-order valence-electron chi connectivity index (χ2n) is 5.09. The number of urea groups is 1. The maximum absolute atomic E-state index is 12.0. The largest absolute Gasteiger partial charge is 0.449 e. The Balaban J connectivity index is 1.89. The summed E-state index contributed by atoms with van der Waals surface area (Å²) in [4.78, 5) is 35.7. The fourth-order valence-corrected chi connectivity index (χ4v) is 1.97. The number of ether oxygens (including phenoxy) is 1. The first-order valence-electron chi connectivity index (χ1n) is 7.29. The number of halogens is 1. The number of anilines is 2. The minimum Gasteiger partial charge on any atom is -0.449 e. The van der Waals surface area contributed by atoms with Crippen LogP contribution < -0.4 is 16.4 Å². The van der Waals surface area contributed by atoms with Gasteiger partial charge in [-0.3, -0.25) is 10.1 Å². The summed E-state index contributed by atoms with van der Waals surface area (Å²) in [6, 6.07) is 12.1. The van der Waals surface area contributed by atoms with Gasteiger partial charge in [-0.15, -0.1) is 0 Å². The molecule has 25 heavy (non-hydrogen) atoms. The van der Waals surface area contributed by atoms with Crippen LogP contribution >= 0.6 is 11.6 Å². The van der Waals surface area contributed by atoms with Crippen LogP contribution in [0.2, 0.25) is 5.02 Å². The van der Waals surface area contributed by atoms with Crippen molar-refractivity contribution in [1.29, 1.82) is 0 Å². The second-order valence-corrected chi connectivity index (χ2v) is 5.50. The molecule has 130 valence electrons. The van der Waals surface area contributed by atoms with E-state index in [0.29, 0.717) is 10.7 Å². The summed E-state index contributed by atoms with van der Waals surface area (Å²) in [6.07, 6.45) is -1.18. The highest BCUT2D eigenvalue weighted by Gasteiger charge is 2.21. The summed E-state index contributed by atoms with van der Waals surface area (Å²) in [5.41, 5.74) is 6.51. The van der Waals surface area contributed by atoms with Crippen molar-refractivity contribution < 1.29 is 19.1 Å². The van der Waals surface area contributed by atoms with Gasteiger partial charge in [0.05, 0.1) is 16.3 Å². The number of carbonyl (C=O) groups excluding carboxylic acids is 3. The lowest BCUT2D eigenvalue weighted by atomic mass is 10.2. The van der Waals surface area contributed by atoms with Gasteiger partial charge in [0, 0.05) is 5.69 Å². The molecule has 0 radical (unpaired) electrons. The Kier molecular flexibility index (Phi) is 5.97. The monoisotopic (exact) mass is 361 g/mol. The van der Waals surface area contributed by atoms with E-state index in [1.54, 1.807) is 30.3 Å². The van der Waals surface area contributed by atoms with Crippen molar-refractivity contribution in [3.63, 3.8) is 0 Å². The molecular weight excluding hydrogens is 346 g/mol. The summed E-state index contributed by atoms with van der Waals surface area (Å²) in [6.45, 7) is 1.35. The topological polar surface area (TPSA) is 111 Å². The van der Waals surface area contributed by atoms with Gasteiger partial charge < -0.3 is 15.8 Å². The van der Waals surface area contributed by atoms with Gasteiger partial charge in [0.25, 0.3) is 5.91 Å². The predicted molar refractivity (Wildman–Crippen MR) is 94.3 cm³/mol. The normalized spacial score (nSPS) is 11.3. The fraction of sp³-hybridized carbons (Fsp3) is 0.118. The maximum Gasteiger partial charge on any atom is 0.338 e. The number of carbonyl (C=O) groups is 3. The van der Waals surface area contributed by atoms with Crippen molar-refractivity contribution in [3.05, 3.63) is 59.1 Å². The van der Waals surface area contributed by atoms with Gasteiger partial charge in [0.2, 0.25) is 0 Å². The minimum atomic E-state index is -1.18. The summed E-state index contributed by atoms with van der Waals surface area (Å²) in [5, 5.41) is 4.88. The van der Waals surface area contributed by atoms with E-state index in [9.17, 15) is 14.4 Å². The number of nitrogens with two attached hydrogens (primary N) is 1. The van der Waals surface area contributed by atoms with Crippen LogP contribution in [0.5, 0.6) is 0 Å². The highest BCUT2D eigenvalue weighted by atomic mass is 35.5. The molecule has 2 rings (SSSR count). The molecule has 0 fully saturated rings. The van der Waals surface area contributed by atoms with Crippen molar-refractivity contribution in [2.45, 2.75) is 13.0 Å². The molecule has 0 bridgehead atoms. The zero-order valence-corrected chi connectivity index (χ0v) is 14.0. The Morgan fingerprint density at radius 3 is 2.44 bits per heavy atom. The lowest BCUT2D eigenvalue weighted by Crippen LogP contribution is -2.41. The number of esters is 1. The highest BCUT2D eigenvalue weighted by molar-refractivity contribution is 6.33. The van der Waals surface area contributed by atoms with Crippen LogP contribution in [0.25, 0.3) is 0 Å². The number of amides is 3. The number of nitrogen functional groups attached to an aromatic ring is 1. The lowest BCUT2D eigenvalue weighted by Gasteiger charge is -2.13. The molecule has 1 atom stereocenters. The van der Waals surface area contributed by atoms with Crippen molar-refractivity contribution >= 4 is 40.9 Å². The Morgan fingerprint density at radius 1 is 1.12 bits per heavy atom. The van der Waals surface area contributed by atoms with Gasteiger partial charge in [-0.2, -0.15) is 0 Å². The summed E-state index contributed by atoms with van der Waals surface area (Å²) in [7, 11) is 0. The van der Waals surface area contributed by atoms with E-state index in [2.05, 4.69) is 10.6 Å². The van der Waals surface area contributed by atoms with Crippen LogP contribution in [-0.2, 0) is 9.53 Å². The molecule has 0 spiro atoms. The Labute approximate surface area is 149 Å². The van der Waals surface area contributed by atoms with Gasteiger partial charge in [-0.25, -0.2) is 9.59 Å². The molecule has 0 aliphatic carbocycles. The average Bonchev–Trinajstić information content (AvgIpc) is 2.57. The molecular formula is C17H16ClN3O4. The summed E-state index contributed by atoms with van der Waals surface area (Å²) < 4.78 is 5.01. The quantitative estimate of drug-likeness (QED) is 0.573. The molecule has 4 N–H and O–H groups in total. The summed E-state index contributed by atoms with van der Waals surface area (Å²) in [5.74, 6) is -1.52. The van der Waals surface area contributed by atoms with E-state index < -0.39 is 24.0 Å². The molecule has 8 heteroatoms. The zero-order chi connectivity index (χ0) is 18.4. The SMILES string of the molecule is C[C@@H](OC(=O)c1ccc(Cl)c(N)c1)C(=O)NC(=O)Nc1ccccc1. The Bertz CT molecular complexity index is 796. The molecule has 3 amide bonds. The first-order valence-corrected chi connectivity index (χ1v) is 7.67. The minimum absolute atomic E-state index is 0.148. The maximum atomic E-state index is 12.0. The number of hydrogen-bond donors (Lipinski definition) is 3. The van der Waals surface area contributed by atoms with Crippen molar-refractivity contribution in [2.24, 2.45) is 0 Å². The van der Waals surface area contributed by atoms with E-state index in [-0.39, 0.29) is 11.3 Å². The van der Waals surface area contributed by atoms with Crippen LogP contribution in [0, 0.1) is 0 Å². The van der Waals surface area contributed by atoms with Gasteiger partial charge in [-0.1, -0.05) is 29.8 Å². The average molecular weight is 362 g/mol. The number of rotatable bonds is 4. The number of nitrogens with one attached hydrogen (secondary N) is 2. The van der Waals surface area contributed by atoms with Crippen molar-refractivity contribution in [1.82, 2.24) is 5.32 Å². The van der Waals surface area contributed by atoms with E-state index in [4.69, 9.17) is 22.1 Å². The third-order valence-electron chi connectivity index (χ3n) is 3.15. The van der Waals surface area contributed by atoms with Crippen LogP contribution in [0.15, 0.2) is 48.5 Å². The van der Waals surface area contributed by atoms with Gasteiger partial charge in [-0.05, 0) is 37.3 Å². The fourth-order valence-electron chi connectivity index (χ4n) is 1.85. The van der Waals surface area contributed by atoms with E-state index >= 15 is 0 Å². The number of para-hydroxylation sites is 1. The van der Waals surface area contributed by atoms with Gasteiger partial charge >= 0.3 is 12.0 Å². The molecule has 0 aromatic heterocycles. The molecule has 0 aliphatic rings. The third kappa shape index (κ3) is 5.22. The second kappa shape index (κ2) is 8.16. The lowest BCUT2D eigenvalue weighted by molar-refractivity contribution is -0.127. The standard InChI is InChI=1S/C17H16ClN3O4/c1-10(25-16(23)11-7-8-13(18)14(19)9-11)15(22)21-17(24)20-12-5-3-2-4-6-12/h2-10H,19H2,1H3,(H2,20,21,22,24)/t10-/m1/s1. The van der Waals surface area contributed by atoms with E-state index in [1.165, 1.54) is 25.1 Å². The predicted octanol–water partition coefficient (Wildman–Crippen LogP) is 2.82. The molecule has 0 aliphatic heterocycles. The molecule has 0 saturated heterocycles. The Morgan fingerprint density at radius 2 is 1.80 bits per heavy atom. The summed E-state index contributed by atoms with van der Waals surface area (Å²) >= 11 is 5.78.